The molecule has 0 aliphatic carbocycles. The Balaban J connectivity index is 2.86. The summed E-state index contributed by atoms with van der Waals surface area (Å²) in [7, 11) is 0. The first-order valence-corrected chi connectivity index (χ1v) is 4.11. The van der Waals surface area contributed by atoms with Crippen molar-refractivity contribution in [2.75, 3.05) is 6.61 Å². The second-order valence-corrected chi connectivity index (χ2v) is 2.68. The lowest BCUT2D eigenvalue weighted by molar-refractivity contribution is 0.280. The van der Waals surface area contributed by atoms with E-state index in [9.17, 15) is 0 Å². The lowest BCUT2D eigenvalue weighted by Gasteiger charge is -2.06. The van der Waals surface area contributed by atoms with E-state index in [1.54, 1.807) is 0 Å². The molecule has 1 aromatic rings. The van der Waals surface area contributed by atoms with Gasteiger partial charge in [0.2, 0.25) is 0 Å². The summed E-state index contributed by atoms with van der Waals surface area (Å²) in [5.41, 5.74) is 2.03. The molecular weight excluding hydrogens is 152 g/mol. The highest BCUT2D eigenvalue weighted by Crippen LogP contribution is 2.16. The maximum Gasteiger partial charge on any atom is 0.119 e. The second kappa shape index (κ2) is 4.12. The molecule has 0 radical (unpaired) electrons. The summed E-state index contributed by atoms with van der Waals surface area (Å²) in [6.07, 6.45) is 0. The van der Waals surface area contributed by atoms with Crippen molar-refractivity contribution in [3.8, 4) is 5.75 Å². The molecule has 0 aliphatic rings. The summed E-state index contributed by atoms with van der Waals surface area (Å²) in [6, 6.07) is 5.71. The fourth-order valence-corrected chi connectivity index (χ4v) is 1.10. The second-order valence-electron chi connectivity index (χ2n) is 2.68. The van der Waals surface area contributed by atoms with Crippen LogP contribution in [0.5, 0.6) is 5.75 Å². The molecule has 0 fully saturated rings. The molecule has 1 N–H and O–H groups in total. The van der Waals surface area contributed by atoms with Gasteiger partial charge in [0.25, 0.3) is 0 Å². The van der Waals surface area contributed by atoms with Crippen LogP contribution in [0.15, 0.2) is 18.2 Å². The molecule has 66 valence electrons. The first kappa shape index (κ1) is 9.07. The van der Waals surface area contributed by atoms with Gasteiger partial charge >= 0.3 is 0 Å². The van der Waals surface area contributed by atoms with Crippen molar-refractivity contribution in [1.29, 1.82) is 0 Å². The largest absolute Gasteiger partial charge is 0.494 e. The fraction of sp³-hybridized carbons (Fsp3) is 0.400. The quantitative estimate of drug-likeness (QED) is 0.743. The van der Waals surface area contributed by atoms with E-state index in [1.165, 1.54) is 0 Å². The lowest BCUT2D eigenvalue weighted by atomic mass is 10.1. The molecule has 1 aromatic carbocycles. The van der Waals surface area contributed by atoms with Gasteiger partial charge in [0, 0.05) is 0 Å². The van der Waals surface area contributed by atoms with Gasteiger partial charge < -0.3 is 9.84 Å². The minimum Gasteiger partial charge on any atom is -0.494 e. The van der Waals surface area contributed by atoms with Gasteiger partial charge in [-0.25, -0.2) is 0 Å². The third-order valence-corrected chi connectivity index (χ3v) is 1.80. The zero-order valence-electron chi connectivity index (χ0n) is 7.50. The van der Waals surface area contributed by atoms with Gasteiger partial charge in [0.1, 0.15) is 5.75 Å². The van der Waals surface area contributed by atoms with E-state index >= 15 is 0 Å². The average molecular weight is 166 g/mol. The molecule has 0 unspecified atom stereocenters. The Morgan fingerprint density at radius 3 is 2.67 bits per heavy atom. The Morgan fingerprint density at radius 2 is 2.17 bits per heavy atom. The molecular formula is C10H14O2. The minimum atomic E-state index is 0.0955. The van der Waals surface area contributed by atoms with E-state index in [-0.39, 0.29) is 6.61 Å². The average Bonchev–Trinajstić information content (AvgIpc) is 2.05. The van der Waals surface area contributed by atoms with Crippen LogP contribution in [0, 0.1) is 6.92 Å². The van der Waals surface area contributed by atoms with Crippen LogP contribution < -0.4 is 4.74 Å². The Kier molecular flexibility index (Phi) is 3.11. The van der Waals surface area contributed by atoms with Crippen LogP contribution in [-0.4, -0.2) is 11.7 Å². The zero-order chi connectivity index (χ0) is 8.97. The smallest absolute Gasteiger partial charge is 0.119 e. The van der Waals surface area contributed by atoms with Crippen LogP contribution in [0.1, 0.15) is 18.1 Å². The van der Waals surface area contributed by atoms with E-state index in [1.807, 2.05) is 32.0 Å². The fourth-order valence-electron chi connectivity index (χ4n) is 1.10. The monoisotopic (exact) mass is 166 g/mol. The molecule has 0 aromatic heterocycles. The van der Waals surface area contributed by atoms with E-state index in [2.05, 4.69) is 0 Å². The molecule has 0 bridgehead atoms. The third-order valence-electron chi connectivity index (χ3n) is 1.80. The van der Waals surface area contributed by atoms with Crippen LogP contribution in [0.25, 0.3) is 0 Å². The van der Waals surface area contributed by atoms with Gasteiger partial charge in [0.05, 0.1) is 13.2 Å². The SMILES string of the molecule is CCOc1ccc(CO)c(C)c1. The van der Waals surface area contributed by atoms with Crippen molar-refractivity contribution < 1.29 is 9.84 Å². The molecule has 0 aliphatic heterocycles. The van der Waals surface area contributed by atoms with Gasteiger partial charge in [0.15, 0.2) is 0 Å². The van der Waals surface area contributed by atoms with Crippen molar-refractivity contribution in [1.82, 2.24) is 0 Å². The highest BCUT2D eigenvalue weighted by atomic mass is 16.5. The summed E-state index contributed by atoms with van der Waals surface area (Å²) >= 11 is 0. The Hall–Kier alpha value is -1.02. The summed E-state index contributed by atoms with van der Waals surface area (Å²) in [5.74, 6) is 0.868. The lowest BCUT2D eigenvalue weighted by Crippen LogP contribution is -1.94. The Morgan fingerprint density at radius 1 is 1.42 bits per heavy atom. The normalized spacial score (nSPS) is 9.92. The van der Waals surface area contributed by atoms with Gasteiger partial charge in [-0.3, -0.25) is 0 Å². The van der Waals surface area contributed by atoms with Crippen molar-refractivity contribution in [2.45, 2.75) is 20.5 Å². The topological polar surface area (TPSA) is 29.5 Å². The Labute approximate surface area is 72.8 Å². The van der Waals surface area contributed by atoms with Gasteiger partial charge in [-0.1, -0.05) is 6.07 Å². The summed E-state index contributed by atoms with van der Waals surface area (Å²) in [5, 5.41) is 8.90. The molecule has 2 heteroatoms. The predicted molar refractivity (Wildman–Crippen MR) is 48.3 cm³/mol. The van der Waals surface area contributed by atoms with Crippen molar-refractivity contribution in [3.63, 3.8) is 0 Å². The van der Waals surface area contributed by atoms with E-state index < -0.39 is 0 Å². The van der Waals surface area contributed by atoms with Crippen molar-refractivity contribution in [2.24, 2.45) is 0 Å². The predicted octanol–water partition coefficient (Wildman–Crippen LogP) is 1.89. The van der Waals surface area contributed by atoms with Crippen LogP contribution in [-0.2, 0) is 6.61 Å². The molecule has 0 spiro atoms. The highest BCUT2D eigenvalue weighted by Gasteiger charge is 1.98. The molecule has 0 heterocycles. The number of aliphatic hydroxyl groups excluding tert-OH is 1. The Bertz CT molecular complexity index is 256. The summed E-state index contributed by atoms with van der Waals surface area (Å²) in [6.45, 7) is 4.69. The van der Waals surface area contributed by atoms with Crippen molar-refractivity contribution >= 4 is 0 Å². The van der Waals surface area contributed by atoms with Gasteiger partial charge in [-0.2, -0.15) is 0 Å². The maximum atomic E-state index is 8.90. The third kappa shape index (κ3) is 1.98. The van der Waals surface area contributed by atoms with Crippen LogP contribution in [0.2, 0.25) is 0 Å². The van der Waals surface area contributed by atoms with Crippen LogP contribution in [0.3, 0.4) is 0 Å². The standard InChI is InChI=1S/C10H14O2/c1-3-12-10-5-4-9(7-11)8(2)6-10/h4-6,11H,3,7H2,1-2H3. The number of aryl methyl sites for hydroxylation is 1. The molecule has 12 heavy (non-hydrogen) atoms. The van der Waals surface area contributed by atoms with E-state index in [4.69, 9.17) is 9.84 Å². The highest BCUT2D eigenvalue weighted by molar-refractivity contribution is 5.34. The molecule has 2 nitrogen and oxygen atoms in total. The first-order valence-electron chi connectivity index (χ1n) is 4.11. The number of benzene rings is 1. The van der Waals surface area contributed by atoms with Crippen molar-refractivity contribution in [3.05, 3.63) is 29.3 Å². The number of hydrogen-bond acceptors (Lipinski definition) is 2. The number of hydrogen-bond donors (Lipinski definition) is 1. The number of rotatable bonds is 3. The minimum absolute atomic E-state index is 0.0955. The molecule has 0 saturated carbocycles. The van der Waals surface area contributed by atoms with Gasteiger partial charge in [-0.15, -0.1) is 0 Å². The van der Waals surface area contributed by atoms with Crippen LogP contribution in [0.4, 0.5) is 0 Å². The molecule has 0 amide bonds. The first-order chi connectivity index (χ1) is 5.77. The molecule has 0 atom stereocenters. The summed E-state index contributed by atoms with van der Waals surface area (Å²) < 4.78 is 5.30. The summed E-state index contributed by atoms with van der Waals surface area (Å²) in [4.78, 5) is 0. The molecule has 1 rings (SSSR count). The maximum absolute atomic E-state index is 8.90. The molecule has 0 saturated heterocycles. The number of aliphatic hydroxyl groups is 1. The van der Waals surface area contributed by atoms with Crippen LogP contribution >= 0.6 is 0 Å². The number of ether oxygens (including phenoxy) is 1. The zero-order valence-corrected chi connectivity index (χ0v) is 7.50. The van der Waals surface area contributed by atoms with Gasteiger partial charge in [-0.05, 0) is 37.1 Å². The van der Waals surface area contributed by atoms with E-state index in [0.717, 1.165) is 16.9 Å². The van der Waals surface area contributed by atoms with E-state index in [0.29, 0.717) is 6.61 Å².